The maximum absolute atomic E-state index is 13.3. The first-order chi connectivity index (χ1) is 17.8. The molecule has 0 bridgehead atoms. The van der Waals surface area contributed by atoms with Crippen molar-refractivity contribution in [1.29, 1.82) is 0 Å². The number of aliphatic hydroxyl groups is 1. The third-order valence-electron chi connectivity index (χ3n) is 5.65. The van der Waals surface area contributed by atoms with Crippen LogP contribution in [-0.4, -0.2) is 32.1 Å². The maximum Gasteiger partial charge on any atom is 0.301 e. The molecule has 1 aliphatic heterocycles. The Kier molecular flexibility index (Phi) is 7.21. The first-order valence-corrected chi connectivity index (χ1v) is 13.4. The molecule has 1 fully saturated rings. The van der Waals surface area contributed by atoms with Crippen LogP contribution in [0.15, 0.2) is 82.7 Å². The van der Waals surface area contributed by atoms with E-state index in [1.165, 1.54) is 40.1 Å². The lowest BCUT2D eigenvalue weighted by Crippen LogP contribution is -2.29. The number of carbonyl (C=O) groups is 2. The molecule has 11 heteroatoms. The first-order valence-electron chi connectivity index (χ1n) is 10.9. The number of hydrogen-bond acceptors (Lipinski definition) is 8. The number of rotatable bonds is 6. The molecule has 0 aliphatic carbocycles. The van der Waals surface area contributed by atoms with E-state index in [1.54, 1.807) is 48.5 Å². The van der Waals surface area contributed by atoms with Crippen LogP contribution in [0.5, 0.6) is 5.75 Å². The van der Waals surface area contributed by atoms with E-state index < -0.39 is 17.7 Å². The lowest BCUT2D eigenvalue weighted by molar-refractivity contribution is -0.132. The number of hydrogen-bond donors (Lipinski definition) is 2. The fourth-order valence-electron chi connectivity index (χ4n) is 3.85. The van der Waals surface area contributed by atoms with Crippen molar-refractivity contribution in [3.8, 4) is 5.75 Å². The summed E-state index contributed by atoms with van der Waals surface area (Å²) >= 11 is 14.5. The third-order valence-corrected chi connectivity index (χ3v) is 8.28. The van der Waals surface area contributed by atoms with Crippen molar-refractivity contribution in [2.45, 2.75) is 16.1 Å². The fraction of sp³-hybridized carbons (Fsp3) is 0.0769. The molecule has 37 heavy (non-hydrogen) atoms. The summed E-state index contributed by atoms with van der Waals surface area (Å²) in [5.74, 6) is -1.38. The summed E-state index contributed by atoms with van der Waals surface area (Å²) in [6, 6.07) is 18.8. The molecule has 7 nitrogen and oxygen atoms in total. The van der Waals surface area contributed by atoms with E-state index in [-0.39, 0.29) is 22.2 Å². The average molecular weight is 570 g/mol. The van der Waals surface area contributed by atoms with Crippen molar-refractivity contribution in [2.75, 3.05) is 4.90 Å². The van der Waals surface area contributed by atoms with Gasteiger partial charge in [0.15, 0.2) is 4.34 Å². The van der Waals surface area contributed by atoms with Crippen LogP contribution in [0.4, 0.5) is 5.13 Å². The predicted octanol–water partition coefficient (Wildman–Crippen LogP) is 6.47. The Hall–Kier alpha value is -3.37. The number of ketones is 1. The van der Waals surface area contributed by atoms with Gasteiger partial charge in [0, 0.05) is 21.4 Å². The minimum atomic E-state index is -0.974. The number of aromatic nitrogens is 2. The van der Waals surface area contributed by atoms with Gasteiger partial charge in [-0.2, -0.15) is 0 Å². The molecule has 2 heterocycles. The highest BCUT2D eigenvalue weighted by atomic mass is 35.5. The van der Waals surface area contributed by atoms with Crippen molar-refractivity contribution >= 4 is 68.9 Å². The minimum absolute atomic E-state index is 0.0233. The lowest BCUT2D eigenvalue weighted by Gasteiger charge is -2.22. The van der Waals surface area contributed by atoms with E-state index in [1.807, 2.05) is 12.1 Å². The second kappa shape index (κ2) is 10.5. The summed E-state index contributed by atoms with van der Waals surface area (Å²) in [5.41, 5.74) is 1.79. The molecule has 0 radical (unpaired) electrons. The van der Waals surface area contributed by atoms with Gasteiger partial charge in [-0.25, -0.2) is 0 Å². The molecule has 3 aromatic carbocycles. The third kappa shape index (κ3) is 5.21. The van der Waals surface area contributed by atoms with Gasteiger partial charge in [-0.1, -0.05) is 70.6 Å². The Morgan fingerprint density at radius 1 is 0.919 bits per heavy atom. The number of halogens is 2. The van der Waals surface area contributed by atoms with E-state index in [4.69, 9.17) is 23.2 Å². The van der Waals surface area contributed by atoms with Gasteiger partial charge in [0.2, 0.25) is 5.13 Å². The Labute approximate surface area is 230 Å². The second-order valence-corrected chi connectivity index (χ2v) is 11.1. The van der Waals surface area contributed by atoms with Crippen LogP contribution in [0.25, 0.3) is 5.76 Å². The molecule has 1 saturated heterocycles. The number of benzene rings is 3. The Bertz CT molecular complexity index is 1500. The van der Waals surface area contributed by atoms with E-state index in [9.17, 15) is 19.8 Å². The lowest BCUT2D eigenvalue weighted by atomic mass is 9.95. The van der Waals surface area contributed by atoms with Crippen molar-refractivity contribution in [1.82, 2.24) is 10.2 Å². The number of aliphatic hydroxyl groups excluding tert-OH is 1. The molecule has 186 valence electrons. The number of Topliss-reactive ketones (excluding diaryl/α,β-unsaturated/α-hetero) is 1. The Balaban J connectivity index is 1.53. The summed E-state index contributed by atoms with van der Waals surface area (Å²) in [6.07, 6.45) is 0. The van der Waals surface area contributed by atoms with E-state index in [0.29, 0.717) is 31.3 Å². The van der Waals surface area contributed by atoms with E-state index >= 15 is 0 Å². The summed E-state index contributed by atoms with van der Waals surface area (Å²) in [6.45, 7) is 0. The van der Waals surface area contributed by atoms with Crippen LogP contribution >= 0.6 is 46.3 Å². The molecule has 1 atom stereocenters. The van der Waals surface area contributed by atoms with Gasteiger partial charge >= 0.3 is 5.91 Å². The summed E-state index contributed by atoms with van der Waals surface area (Å²) < 4.78 is 0.606. The van der Waals surface area contributed by atoms with Crippen LogP contribution in [0, 0.1) is 0 Å². The molecular weight excluding hydrogens is 553 g/mol. The van der Waals surface area contributed by atoms with Crippen LogP contribution in [-0.2, 0) is 15.3 Å². The number of phenols is 1. The molecule has 1 amide bonds. The number of amides is 1. The molecule has 5 rings (SSSR count). The zero-order chi connectivity index (χ0) is 26.1. The molecule has 4 aromatic rings. The molecule has 1 aromatic heterocycles. The topological polar surface area (TPSA) is 104 Å². The van der Waals surface area contributed by atoms with Gasteiger partial charge in [-0.15, -0.1) is 10.2 Å². The van der Waals surface area contributed by atoms with E-state index in [2.05, 4.69) is 10.2 Å². The summed E-state index contributed by atoms with van der Waals surface area (Å²) in [7, 11) is 0. The zero-order valence-corrected chi connectivity index (χ0v) is 22.0. The monoisotopic (exact) mass is 569 g/mol. The zero-order valence-electron chi connectivity index (χ0n) is 18.8. The molecular formula is C26H17Cl2N3O4S2. The smallest absolute Gasteiger partial charge is 0.301 e. The van der Waals surface area contributed by atoms with Crippen molar-refractivity contribution in [2.24, 2.45) is 0 Å². The highest BCUT2D eigenvalue weighted by Crippen LogP contribution is 2.44. The standard InChI is InChI=1S/C26H17Cl2N3O4S2/c27-17-7-1-14(2-8-17)13-36-26-30-29-25(37-26)31-21(15-5-11-19(32)12-6-15)20(23(34)24(31)35)22(33)16-3-9-18(28)10-4-16/h1-12,21,32-33H,13H2/b22-20-. The van der Waals surface area contributed by atoms with Crippen molar-refractivity contribution in [3.05, 3.63) is 105 Å². The highest BCUT2D eigenvalue weighted by Gasteiger charge is 2.48. The average Bonchev–Trinajstić information content (AvgIpc) is 3.46. The van der Waals surface area contributed by atoms with Gasteiger partial charge in [-0.3, -0.25) is 14.5 Å². The number of anilines is 1. The molecule has 1 aliphatic rings. The molecule has 0 saturated carbocycles. The van der Waals surface area contributed by atoms with E-state index in [0.717, 1.165) is 5.56 Å². The largest absolute Gasteiger partial charge is 0.508 e. The Morgan fingerprint density at radius 2 is 1.54 bits per heavy atom. The van der Waals surface area contributed by atoms with Crippen LogP contribution in [0.3, 0.4) is 0 Å². The van der Waals surface area contributed by atoms with Crippen LogP contribution in [0.2, 0.25) is 10.0 Å². The number of aromatic hydroxyl groups is 1. The molecule has 0 spiro atoms. The fourth-order valence-corrected chi connectivity index (χ4v) is 5.92. The normalized spacial score (nSPS) is 16.9. The number of nitrogens with zero attached hydrogens (tertiary/aromatic N) is 3. The number of carbonyl (C=O) groups excluding carboxylic acids is 2. The Morgan fingerprint density at radius 3 is 2.19 bits per heavy atom. The summed E-state index contributed by atoms with van der Waals surface area (Å²) in [5, 5.41) is 30.6. The quantitative estimate of drug-likeness (QED) is 0.0901. The highest BCUT2D eigenvalue weighted by molar-refractivity contribution is 8.00. The number of thioether (sulfide) groups is 1. The van der Waals surface area contributed by atoms with Gasteiger partial charge < -0.3 is 10.2 Å². The van der Waals surface area contributed by atoms with Crippen LogP contribution < -0.4 is 4.90 Å². The second-order valence-electron chi connectivity index (χ2n) is 8.03. The van der Waals surface area contributed by atoms with Crippen molar-refractivity contribution in [3.63, 3.8) is 0 Å². The summed E-state index contributed by atoms with van der Waals surface area (Å²) in [4.78, 5) is 27.7. The SMILES string of the molecule is O=C1C(=O)N(c2nnc(SCc3ccc(Cl)cc3)s2)C(c2ccc(O)cc2)/C1=C(/O)c1ccc(Cl)cc1. The first kappa shape index (κ1) is 25.3. The van der Waals surface area contributed by atoms with Gasteiger partial charge in [0.05, 0.1) is 11.6 Å². The van der Waals surface area contributed by atoms with Gasteiger partial charge in [0.1, 0.15) is 11.5 Å². The van der Waals surface area contributed by atoms with Gasteiger partial charge in [0.25, 0.3) is 5.78 Å². The number of phenolic OH excluding ortho intramolecular Hbond substituents is 1. The predicted molar refractivity (Wildman–Crippen MR) is 145 cm³/mol. The maximum atomic E-state index is 13.3. The van der Waals surface area contributed by atoms with Crippen LogP contribution in [0.1, 0.15) is 22.7 Å². The minimum Gasteiger partial charge on any atom is -0.508 e. The van der Waals surface area contributed by atoms with Crippen molar-refractivity contribution < 1.29 is 19.8 Å². The molecule has 2 N–H and O–H groups in total. The molecule has 1 unspecified atom stereocenters. The van der Waals surface area contributed by atoms with Gasteiger partial charge in [-0.05, 0) is 59.7 Å².